The van der Waals surface area contributed by atoms with Crippen molar-refractivity contribution in [2.75, 3.05) is 6.54 Å². The molecule has 2 aromatic carbocycles. The molecular weight excluding hydrogens is 402 g/mol. The lowest BCUT2D eigenvalue weighted by Gasteiger charge is -2.24. The molecular formula is C25H25N5O2. The molecule has 162 valence electrons. The Morgan fingerprint density at radius 2 is 1.75 bits per heavy atom. The largest absolute Gasteiger partial charge is 0.346 e. The lowest BCUT2D eigenvalue weighted by atomic mass is 10.0. The molecule has 0 aliphatic carbocycles. The van der Waals surface area contributed by atoms with E-state index in [0.29, 0.717) is 23.3 Å². The van der Waals surface area contributed by atoms with Crippen LogP contribution in [0.25, 0.3) is 28.2 Å². The third-order valence-corrected chi connectivity index (χ3v) is 5.37. The normalized spacial score (nSPS) is 11.5. The Kier molecular flexibility index (Phi) is 5.59. The highest BCUT2D eigenvalue weighted by Gasteiger charge is 2.19. The summed E-state index contributed by atoms with van der Waals surface area (Å²) in [5, 5.41) is 2.92. The molecule has 0 unspecified atom stereocenters. The molecule has 0 spiro atoms. The van der Waals surface area contributed by atoms with Gasteiger partial charge in [-0.3, -0.25) is 19.0 Å². The van der Waals surface area contributed by atoms with Gasteiger partial charge in [0.1, 0.15) is 0 Å². The zero-order chi connectivity index (χ0) is 22.9. The summed E-state index contributed by atoms with van der Waals surface area (Å²) in [6.07, 6.45) is 5.38. The average molecular weight is 428 g/mol. The van der Waals surface area contributed by atoms with Crippen molar-refractivity contribution in [2.24, 2.45) is 5.73 Å². The number of ketones is 1. The number of Topliss-reactive ketones (excluding diaryl/α,β-unsaturated/α-hetero) is 1. The van der Waals surface area contributed by atoms with E-state index in [9.17, 15) is 9.59 Å². The summed E-state index contributed by atoms with van der Waals surface area (Å²) < 4.78 is 1.95. The number of carbonyl (C=O) groups is 2. The Labute approximate surface area is 186 Å². The minimum atomic E-state index is -0.472. The molecule has 4 aromatic rings. The smallest absolute Gasteiger partial charge is 0.251 e. The summed E-state index contributed by atoms with van der Waals surface area (Å²) in [5.74, 6) is -0.153. The van der Waals surface area contributed by atoms with E-state index in [2.05, 4.69) is 15.3 Å². The molecule has 32 heavy (non-hydrogen) atoms. The summed E-state index contributed by atoms with van der Waals surface area (Å²) in [4.78, 5) is 33.2. The van der Waals surface area contributed by atoms with Crippen molar-refractivity contribution in [3.8, 4) is 22.5 Å². The Morgan fingerprint density at radius 1 is 1.00 bits per heavy atom. The van der Waals surface area contributed by atoms with Gasteiger partial charge in [0.15, 0.2) is 11.4 Å². The lowest BCUT2D eigenvalue weighted by molar-refractivity contribution is 0.0915. The van der Waals surface area contributed by atoms with E-state index < -0.39 is 5.54 Å². The maximum Gasteiger partial charge on any atom is 0.251 e. The second-order valence-corrected chi connectivity index (χ2v) is 8.40. The van der Waals surface area contributed by atoms with Crippen LogP contribution in [0.15, 0.2) is 67.1 Å². The standard InChI is InChI=1S/C25H25N5O2/c1-16(31)19-5-4-6-20(11-19)22-12-28-23-13-27-21(14-30(22)23)17-7-9-18(10-8-17)24(32)29-25(2,3)15-26/h4-14H,15,26H2,1-3H3,(H,29,32). The van der Waals surface area contributed by atoms with Gasteiger partial charge in [0.05, 0.1) is 23.8 Å². The van der Waals surface area contributed by atoms with Gasteiger partial charge < -0.3 is 11.1 Å². The molecule has 1 amide bonds. The molecule has 0 saturated heterocycles. The van der Waals surface area contributed by atoms with E-state index in [1.807, 2.05) is 54.8 Å². The fourth-order valence-electron chi connectivity index (χ4n) is 3.37. The van der Waals surface area contributed by atoms with Crippen LogP contribution >= 0.6 is 0 Å². The van der Waals surface area contributed by atoms with Crippen molar-refractivity contribution < 1.29 is 9.59 Å². The van der Waals surface area contributed by atoms with Crippen molar-refractivity contribution in [1.82, 2.24) is 19.7 Å². The van der Waals surface area contributed by atoms with E-state index >= 15 is 0 Å². The maximum atomic E-state index is 12.5. The predicted octanol–water partition coefficient (Wildman–Crippen LogP) is 3.73. The quantitative estimate of drug-likeness (QED) is 0.457. The summed E-state index contributed by atoms with van der Waals surface area (Å²) >= 11 is 0. The average Bonchev–Trinajstić information content (AvgIpc) is 3.22. The number of hydrogen-bond acceptors (Lipinski definition) is 5. The van der Waals surface area contributed by atoms with Gasteiger partial charge in [-0.15, -0.1) is 0 Å². The molecule has 0 atom stereocenters. The molecule has 2 aromatic heterocycles. The molecule has 3 N–H and O–H groups in total. The maximum absolute atomic E-state index is 12.5. The van der Waals surface area contributed by atoms with Crippen molar-refractivity contribution in [2.45, 2.75) is 26.3 Å². The summed E-state index contributed by atoms with van der Waals surface area (Å²) in [6.45, 7) is 5.67. The van der Waals surface area contributed by atoms with Gasteiger partial charge in [-0.1, -0.05) is 30.3 Å². The molecule has 0 aliphatic heterocycles. The molecule has 7 heteroatoms. The molecule has 0 fully saturated rings. The van der Waals surface area contributed by atoms with Gasteiger partial charge >= 0.3 is 0 Å². The summed E-state index contributed by atoms with van der Waals surface area (Å²) in [5.41, 5.74) is 10.5. The van der Waals surface area contributed by atoms with Crippen LogP contribution in [0.5, 0.6) is 0 Å². The van der Waals surface area contributed by atoms with Crippen LogP contribution in [0.1, 0.15) is 41.5 Å². The van der Waals surface area contributed by atoms with Crippen LogP contribution in [-0.4, -0.2) is 38.1 Å². The first-order valence-corrected chi connectivity index (χ1v) is 10.3. The zero-order valence-electron chi connectivity index (χ0n) is 18.3. The molecule has 0 aliphatic rings. The van der Waals surface area contributed by atoms with Crippen molar-refractivity contribution >= 4 is 17.3 Å². The number of nitrogens with two attached hydrogens (primary N) is 1. The Hall–Kier alpha value is -3.84. The molecule has 7 nitrogen and oxygen atoms in total. The number of imidazole rings is 1. The predicted molar refractivity (Wildman–Crippen MR) is 124 cm³/mol. The van der Waals surface area contributed by atoms with Crippen LogP contribution in [0.3, 0.4) is 0 Å². The van der Waals surface area contributed by atoms with Crippen LogP contribution < -0.4 is 11.1 Å². The molecule has 0 saturated carbocycles. The van der Waals surface area contributed by atoms with Gasteiger partial charge in [0.2, 0.25) is 0 Å². The number of carbonyl (C=O) groups excluding carboxylic acids is 2. The number of rotatable bonds is 6. The summed E-state index contributed by atoms with van der Waals surface area (Å²) in [6, 6.07) is 14.8. The molecule has 4 rings (SSSR count). The SMILES string of the molecule is CC(=O)c1cccc(-c2cnc3cnc(-c4ccc(C(=O)NC(C)(C)CN)cc4)cn23)c1. The van der Waals surface area contributed by atoms with Crippen molar-refractivity contribution in [3.63, 3.8) is 0 Å². The summed E-state index contributed by atoms with van der Waals surface area (Å²) in [7, 11) is 0. The van der Waals surface area contributed by atoms with E-state index in [1.54, 1.807) is 37.5 Å². The van der Waals surface area contributed by atoms with Crippen molar-refractivity contribution in [1.29, 1.82) is 0 Å². The first-order valence-electron chi connectivity index (χ1n) is 10.3. The minimum Gasteiger partial charge on any atom is -0.346 e. The van der Waals surface area contributed by atoms with E-state index in [4.69, 9.17) is 5.73 Å². The fraction of sp³-hybridized carbons (Fsp3) is 0.200. The monoisotopic (exact) mass is 427 g/mol. The molecule has 0 radical (unpaired) electrons. The lowest BCUT2D eigenvalue weighted by Crippen LogP contribution is -2.48. The van der Waals surface area contributed by atoms with E-state index in [1.165, 1.54) is 0 Å². The Morgan fingerprint density at radius 3 is 2.44 bits per heavy atom. The number of fused-ring (bicyclic) bond motifs is 1. The Balaban J connectivity index is 1.66. The second kappa shape index (κ2) is 8.36. The Bertz CT molecular complexity index is 1310. The highest BCUT2D eigenvalue weighted by Crippen LogP contribution is 2.25. The molecule has 0 bridgehead atoms. The van der Waals surface area contributed by atoms with Crippen LogP contribution in [0.2, 0.25) is 0 Å². The molecule has 2 heterocycles. The van der Waals surface area contributed by atoms with Gasteiger partial charge in [-0.25, -0.2) is 4.98 Å². The zero-order valence-corrected chi connectivity index (χ0v) is 18.3. The number of nitrogens with one attached hydrogen (secondary N) is 1. The van der Waals surface area contributed by atoms with Crippen LogP contribution in [0, 0.1) is 0 Å². The third kappa shape index (κ3) is 4.29. The minimum absolute atomic E-state index is 0.0157. The highest BCUT2D eigenvalue weighted by molar-refractivity contribution is 5.95. The van der Waals surface area contributed by atoms with Crippen LogP contribution in [0.4, 0.5) is 0 Å². The first-order chi connectivity index (χ1) is 15.3. The number of nitrogens with zero attached hydrogens (tertiary/aromatic N) is 3. The first kappa shape index (κ1) is 21.4. The van der Waals surface area contributed by atoms with Crippen LogP contribution in [-0.2, 0) is 0 Å². The second-order valence-electron chi connectivity index (χ2n) is 8.40. The number of hydrogen-bond donors (Lipinski definition) is 2. The number of amides is 1. The van der Waals surface area contributed by atoms with Gasteiger partial charge in [-0.2, -0.15) is 0 Å². The number of aromatic nitrogens is 3. The fourth-order valence-corrected chi connectivity index (χ4v) is 3.37. The van der Waals surface area contributed by atoms with Gasteiger partial charge in [0, 0.05) is 40.5 Å². The van der Waals surface area contributed by atoms with E-state index in [-0.39, 0.29) is 11.7 Å². The number of benzene rings is 2. The van der Waals surface area contributed by atoms with Gasteiger partial charge in [0.25, 0.3) is 5.91 Å². The van der Waals surface area contributed by atoms with Gasteiger partial charge in [-0.05, 0) is 39.0 Å². The van der Waals surface area contributed by atoms with Crippen molar-refractivity contribution in [3.05, 3.63) is 78.2 Å². The topological polar surface area (TPSA) is 102 Å². The van der Waals surface area contributed by atoms with E-state index in [0.717, 1.165) is 22.5 Å². The highest BCUT2D eigenvalue weighted by atomic mass is 16.1. The third-order valence-electron chi connectivity index (χ3n) is 5.37.